The van der Waals surface area contributed by atoms with Crippen LogP contribution in [0.2, 0.25) is 0 Å². The Hall–Kier alpha value is -1.10. The average Bonchev–Trinajstić information content (AvgIpc) is 1.98. The predicted octanol–water partition coefficient (Wildman–Crippen LogP) is -0.103. The molecule has 76 valence electrons. The van der Waals surface area contributed by atoms with Crippen molar-refractivity contribution >= 4 is 11.9 Å². The quantitative estimate of drug-likeness (QED) is 0.600. The molecule has 0 aromatic rings. The van der Waals surface area contributed by atoms with Gasteiger partial charge in [0.1, 0.15) is 0 Å². The minimum absolute atomic E-state index is 0.374. The summed E-state index contributed by atoms with van der Waals surface area (Å²) in [6, 6.07) is -1.50. The van der Waals surface area contributed by atoms with Gasteiger partial charge in [-0.05, 0) is 5.41 Å². The van der Waals surface area contributed by atoms with E-state index in [4.69, 9.17) is 11.5 Å². The van der Waals surface area contributed by atoms with E-state index in [1.54, 1.807) is 0 Å². The number of likely N-dealkylation sites (N-methyl/N-ethyl adjacent to an activating group) is 1. The molecule has 0 aromatic carbocycles. The van der Waals surface area contributed by atoms with Crippen molar-refractivity contribution in [3.05, 3.63) is 0 Å². The highest BCUT2D eigenvalue weighted by atomic mass is 16.2. The molecule has 5 heteroatoms. The van der Waals surface area contributed by atoms with E-state index in [1.165, 1.54) is 7.05 Å². The molecular weight excluding hydrogens is 170 g/mol. The highest BCUT2D eigenvalue weighted by Crippen LogP contribution is 2.18. The van der Waals surface area contributed by atoms with Crippen LogP contribution in [0.15, 0.2) is 0 Å². The van der Waals surface area contributed by atoms with E-state index >= 15 is 0 Å². The average molecular weight is 187 g/mol. The van der Waals surface area contributed by atoms with Crippen LogP contribution in [0.3, 0.4) is 0 Å². The van der Waals surface area contributed by atoms with Gasteiger partial charge < -0.3 is 11.5 Å². The summed E-state index contributed by atoms with van der Waals surface area (Å²) in [5.74, 6) is -0.458. The molecule has 4 N–H and O–H groups in total. The summed E-state index contributed by atoms with van der Waals surface area (Å²) in [5.41, 5.74) is 10.2. The second kappa shape index (κ2) is 3.74. The molecule has 5 nitrogen and oxygen atoms in total. The van der Waals surface area contributed by atoms with Crippen molar-refractivity contribution in [3.8, 4) is 0 Å². The van der Waals surface area contributed by atoms with E-state index in [0.29, 0.717) is 0 Å². The number of nitrogens with zero attached hydrogens (tertiary/aromatic N) is 1. The lowest BCUT2D eigenvalue weighted by molar-refractivity contribution is -0.130. The van der Waals surface area contributed by atoms with Gasteiger partial charge in [-0.25, -0.2) is 4.79 Å². The fourth-order valence-corrected chi connectivity index (χ4v) is 0.688. The number of hydrogen-bond acceptors (Lipinski definition) is 3. The minimum Gasteiger partial charge on any atom is -0.351 e. The van der Waals surface area contributed by atoms with Crippen LogP contribution >= 0.6 is 0 Å². The lowest BCUT2D eigenvalue weighted by Gasteiger charge is -2.28. The van der Waals surface area contributed by atoms with Crippen molar-refractivity contribution in [2.75, 3.05) is 7.05 Å². The smallest absolute Gasteiger partial charge is 0.321 e. The van der Waals surface area contributed by atoms with Crippen molar-refractivity contribution in [2.45, 2.75) is 26.8 Å². The van der Waals surface area contributed by atoms with Crippen molar-refractivity contribution in [2.24, 2.45) is 16.9 Å². The molecule has 0 fully saturated rings. The van der Waals surface area contributed by atoms with Gasteiger partial charge in [0.15, 0.2) is 0 Å². The van der Waals surface area contributed by atoms with Gasteiger partial charge in [0.05, 0.1) is 6.04 Å². The molecule has 0 unspecified atom stereocenters. The highest BCUT2D eigenvalue weighted by Gasteiger charge is 2.31. The third kappa shape index (κ3) is 3.02. The Morgan fingerprint density at radius 1 is 1.31 bits per heavy atom. The van der Waals surface area contributed by atoms with Crippen molar-refractivity contribution in [1.29, 1.82) is 0 Å². The fourth-order valence-electron chi connectivity index (χ4n) is 0.688. The maximum atomic E-state index is 11.4. The molecular formula is C8H17N3O2. The summed E-state index contributed by atoms with van der Waals surface area (Å²) >= 11 is 0. The van der Waals surface area contributed by atoms with Gasteiger partial charge in [0, 0.05) is 7.05 Å². The molecule has 0 saturated heterocycles. The Kier molecular flexibility index (Phi) is 3.42. The first kappa shape index (κ1) is 11.9. The molecule has 0 aromatic heterocycles. The Morgan fingerprint density at radius 3 is 1.92 bits per heavy atom. The summed E-state index contributed by atoms with van der Waals surface area (Å²) in [4.78, 5) is 22.9. The number of urea groups is 1. The largest absolute Gasteiger partial charge is 0.351 e. The van der Waals surface area contributed by atoms with Crippen LogP contribution in [0.4, 0.5) is 4.79 Å². The van der Waals surface area contributed by atoms with Gasteiger partial charge in [-0.15, -0.1) is 0 Å². The zero-order chi connectivity index (χ0) is 10.8. The van der Waals surface area contributed by atoms with E-state index in [-0.39, 0.29) is 5.41 Å². The third-order valence-corrected chi connectivity index (χ3v) is 1.86. The lowest BCUT2D eigenvalue weighted by atomic mass is 9.87. The SMILES string of the molecule is CN(C(N)=O)C(=O)[C@@H](N)C(C)(C)C. The summed E-state index contributed by atoms with van der Waals surface area (Å²) < 4.78 is 0. The van der Waals surface area contributed by atoms with Crippen LogP contribution in [-0.4, -0.2) is 29.9 Å². The standard InChI is InChI=1S/C8H17N3O2/c1-8(2,3)5(9)6(12)11(4)7(10)13/h5H,9H2,1-4H3,(H2,10,13)/t5-/m1/s1. The number of rotatable bonds is 1. The molecule has 3 amide bonds. The number of primary amides is 1. The molecule has 0 bridgehead atoms. The monoisotopic (exact) mass is 187 g/mol. The number of hydrogen-bond donors (Lipinski definition) is 2. The molecule has 0 aliphatic rings. The van der Waals surface area contributed by atoms with Crippen LogP contribution < -0.4 is 11.5 Å². The maximum absolute atomic E-state index is 11.4. The van der Waals surface area contributed by atoms with Gasteiger partial charge >= 0.3 is 6.03 Å². The minimum atomic E-state index is -0.787. The van der Waals surface area contributed by atoms with E-state index in [1.807, 2.05) is 20.8 Å². The zero-order valence-electron chi connectivity index (χ0n) is 8.50. The summed E-state index contributed by atoms with van der Waals surface area (Å²) in [7, 11) is 1.32. The van der Waals surface area contributed by atoms with Gasteiger partial charge in [0.2, 0.25) is 5.91 Å². The van der Waals surface area contributed by atoms with Crippen molar-refractivity contribution < 1.29 is 9.59 Å². The molecule has 0 heterocycles. The van der Waals surface area contributed by atoms with Gasteiger partial charge in [-0.2, -0.15) is 0 Å². The predicted molar refractivity (Wildman–Crippen MR) is 49.8 cm³/mol. The number of nitrogens with two attached hydrogens (primary N) is 2. The highest BCUT2D eigenvalue weighted by molar-refractivity contribution is 5.96. The maximum Gasteiger partial charge on any atom is 0.321 e. The Bertz CT molecular complexity index is 220. The molecule has 0 rings (SSSR count). The Labute approximate surface area is 78.1 Å². The molecule has 0 radical (unpaired) electrons. The van der Waals surface area contributed by atoms with Crippen LogP contribution in [-0.2, 0) is 4.79 Å². The molecule has 13 heavy (non-hydrogen) atoms. The Balaban J connectivity index is 4.53. The second-order valence-corrected chi connectivity index (χ2v) is 4.08. The first-order valence-electron chi connectivity index (χ1n) is 4.00. The van der Waals surface area contributed by atoms with E-state index in [9.17, 15) is 9.59 Å². The zero-order valence-corrected chi connectivity index (χ0v) is 8.50. The number of carbonyl (C=O) groups excluding carboxylic acids is 2. The first-order chi connectivity index (χ1) is 5.68. The van der Waals surface area contributed by atoms with Crippen LogP contribution in [0.1, 0.15) is 20.8 Å². The molecule has 0 aliphatic carbocycles. The van der Waals surface area contributed by atoms with Crippen LogP contribution in [0.25, 0.3) is 0 Å². The van der Waals surface area contributed by atoms with Gasteiger partial charge in [-0.3, -0.25) is 9.69 Å². The van der Waals surface area contributed by atoms with E-state index in [0.717, 1.165) is 4.90 Å². The second-order valence-electron chi connectivity index (χ2n) is 4.08. The molecule has 0 aliphatic heterocycles. The number of amides is 3. The topological polar surface area (TPSA) is 89.4 Å². The number of imide groups is 1. The summed E-state index contributed by atoms with van der Waals surface area (Å²) in [5, 5.41) is 0. The van der Waals surface area contributed by atoms with Crippen LogP contribution in [0, 0.1) is 5.41 Å². The molecule has 0 spiro atoms. The van der Waals surface area contributed by atoms with Crippen molar-refractivity contribution in [1.82, 2.24) is 4.90 Å². The first-order valence-corrected chi connectivity index (χ1v) is 4.00. The van der Waals surface area contributed by atoms with E-state index in [2.05, 4.69) is 0 Å². The third-order valence-electron chi connectivity index (χ3n) is 1.86. The van der Waals surface area contributed by atoms with Gasteiger partial charge in [0.25, 0.3) is 0 Å². The summed E-state index contributed by atoms with van der Waals surface area (Å²) in [6.07, 6.45) is 0. The molecule has 0 saturated carbocycles. The van der Waals surface area contributed by atoms with Gasteiger partial charge in [-0.1, -0.05) is 20.8 Å². The van der Waals surface area contributed by atoms with Crippen LogP contribution in [0.5, 0.6) is 0 Å². The fraction of sp³-hybridized carbons (Fsp3) is 0.750. The van der Waals surface area contributed by atoms with E-state index < -0.39 is 18.0 Å². The van der Waals surface area contributed by atoms with Crippen molar-refractivity contribution in [3.63, 3.8) is 0 Å². The summed E-state index contributed by atoms with van der Waals surface area (Å²) in [6.45, 7) is 5.47. The lowest BCUT2D eigenvalue weighted by Crippen LogP contribution is -2.52. The normalized spacial score (nSPS) is 13.6. The number of carbonyl (C=O) groups is 2. The Morgan fingerprint density at radius 2 is 1.69 bits per heavy atom. The molecule has 1 atom stereocenters.